The number of nitrogens with zero attached hydrogens (tertiary/aromatic N) is 4. The van der Waals surface area contributed by atoms with Crippen molar-refractivity contribution in [3.8, 4) is 22.9 Å². The highest BCUT2D eigenvalue weighted by molar-refractivity contribution is 6.30. The van der Waals surface area contributed by atoms with E-state index in [1.165, 1.54) is 0 Å². The highest BCUT2D eigenvalue weighted by atomic mass is 35.5. The summed E-state index contributed by atoms with van der Waals surface area (Å²) >= 11 is 6.09. The Balaban J connectivity index is 1.30. The lowest BCUT2D eigenvalue weighted by Crippen LogP contribution is -2.48. The number of carbonyl (C=O) groups is 1. The zero-order chi connectivity index (χ0) is 22.5. The number of halogens is 1. The van der Waals surface area contributed by atoms with Crippen molar-refractivity contribution < 1.29 is 18.8 Å². The molecule has 0 radical (unpaired) electrons. The lowest BCUT2D eigenvalue weighted by molar-refractivity contribution is -0.131. The molecule has 8 nitrogen and oxygen atoms in total. The summed E-state index contributed by atoms with van der Waals surface area (Å²) in [5.41, 5.74) is 1.83. The Morgan fingerprint density at radius 2 is 1.84 bits per heavy atom. The van der Waals surface area contributed by atoms with Crippen LogP contribution in [-0.2, 0) is 11.2 Å². The first-order valence-electron chi connectivity index (χ1n) is 10.4. The van der Waals surface area contributed by atoms with Gasteiger partial charge in [-0.15, -0.1) is 0 Å². The lowest BCUT2D eigenvalue weighted by atomic mass is 10.2. The molecule has 2 aromatic carbocycles. The minimum atomic E-state index is 0.0848. The highest BCUT2D eigenvalue weighted by Crippen LogP contribution is 2.31. The number of benzene rings is 2. The van der Waals surface area contributed by atoms with Crippen molar-refractivity contribution in [2.75, 3.05) is 45.3 Å². The van der Waals surface area contributed by atoms with Gasteiger partial charge in [-0.2, -0.15) is 4.98 Å². The van der Waals surface area contributed by atoms with E-state index in [1.807, 2.05) is 35.2 Å². The number of hydrogen-bond donors (Lipinski definition) is 0. The maximum atomic E-state index is 12.7. The largest absolute Gasteiger partial charge is 0.493 e. The standard InChI is InChI=1S/C23H25ClN4O4/c1-30-19-7-6-16(14-20(19)31-2)23-25-21(32-26-23)8-9-22(29)28-12-10-27(11-13-28)18-5-3-4-17(24)15-18/h3-7,14-15H,8-13H2,1-2H3. The monoisotopic (exact) mass is 456 g/mol. The fourth-order valence-corrected chi connectivity index (χ4v) is 3.89. The summed E-state index contributed by atoms with van der Waals surface area (Å²) in [6.07, 6.45) is 0.721. The van der Waals surface area contributed by atoms with Crippen LogP contribution < -0.4 is 14.4 Å². The zero-order valence-corrected chi connectivity index (χ0v) is 18.8. The second kappa shape index (κ2) is 9.91. The van der Waals surface area contributed by atoms with Gasteiger partial charge in [-0.3, -0.25) is 4.79 Å². The Labute approximate surface area is 191 Å². The highest BCUT2D eigenvalue weighted by Gasteiger charge is 2.22. The molecule has 168 valence electrons. The summed E-state index contributed by atoms with van der Waals surface area (Å²) in [4.78, 5) is 21.2. The van der Waals surface area contributed by atoms with Crippen LogP contribution in [0.25, 0.3) is 11.4 Å². The minimum absolute atomic E-state index is 0.0848. The summed E-state index contributed by atoms with van der Waals surface area (Å²) < 4.78 is 15.9. The van der Waals surface area contributed by atoms with E-state index in [9.17, 15) is 4.79 Å². The Morgan fingerprint density at radius 3 is 2.56 bits per heavy atom. The van der Waals surface area contributed by atoms with E-state index in [4.69, 9.17) is 25.6 Å². The number of carbonyl (C=O) groups excluding carboxylic acids is 1. The number of aryl methyl sites for hydroxylation is 1. The molecule has 0 unspecified atom stereocenters. The van der Waals surface area contributed by atoms with Gasteiger partial charge in [0, 0.05) is 55.3 Å². The van der Waals surface area contributed by atoms with Crippen LogP contribution in [0.4, 0.5) is 5.69 Å². The molecule has 1 aliphatic rings. The van der Waals surface area contributed by atoms with Crippen molar-refractivity contribution in [2.45, 2.75) is 12.8 Å². The van der Waals surface area contributed by atoms with E-state index < -0.39 is 0 Å². The molecule has 0 saturated carbocycles. The third-order valence-corrected chi connectivity index (χ3v) is 5.70. The predicted octanol–water partition coefficient (Wildman–Crippen LogP) is 3.69. The van der Waals surface area contributed by atoms with Crippen LogP contribution in [0.1, 0.15) is 12.3 Å². The first-order valence-corrected chi connectivity index (χ1v) is 10.8. The van der Waals surface area contributed by atoms with Gasteiger partial charge in [-0.1, -0.05) is 22.8 Å². The number of rotatable bonds is 7. The van der Waals surface area contributed by atoms with Crippen LogP contribution in [0, 0.1) is 0 Å². The summed E-state index contributed by atoms with van der Waals surface area (Å²) in [7, 11) is 3.15. The van der Waals surface area contributed by atoms with Crippen LogP contribution in [0.15, 0.2) is 47.0 Å². The van der Waals surface area contributed by atoms with E-state index in [-0.39, 0.29) is 5.91 Å². The van der Waals surface area contributed by atoms with Gasteiger partial charge in [0.2, 0.25) is 17.6 Å². The average molecular weight is 457 g/mol. The molecule has 1 fully saturated rings. The molecular formula is C23H25ClN4O4. The third kappa shape index (κ3) is 4.96. The second-order valence-electron chi connectivity index (χ2n) is 7.43. The molecule has 1 amide bonds. The Morgan fingerprint density at radius 1 is 1.06 bits per heavy atom. The lowest BCUT2D eigenvalue weighted by Gasteiger charge is -2.36. The number of amides is 1. The number of ether oxygens (including phenoxy) is 2. The topological polar surface area (TPSA) is 80.9 Å². The molecule has 32 heavy (non-hydrogen) atoms. The van der Waals surface area contributed by atoms with Crippen molar-refractivity contribution in [3.63, 3.8) is 0 Å². The van der Waals surface area contributed by atoms with Gasteiger partial charge in [0.15, 0.2) is 11.5 Å². The smallest absolute Gasteiger partial charge is 0.227 e. The first kappa shape index (κ1) is 22.0. The molecule has 0 bridgehead atoms. The first-order chi connectivity index (χ1) is 15.6. The van der Waals surface area contributed by atoms with Crippen LogP contribution in [-0.4, -0.2) is 61.3 Å². The van der Waals surface area contributed by atoms with E-state index in [0.717, 1.165) is 24.3 Å². The van der Waals surface area contributed by atoms with Gasteiger partial charge < -0.3 is 23.8 Å². The maximum Gasteiger partial charge on any atom is 0.227 e. The van der Waals surface area contributed by atoms with Crippen molar-refractivity contribution >= 4 is 23.2 Å². The van der Waals surface area contributed by atoms with E-state index >= 15 is 0 Å². The van der Waals surface area contributed by atoms with E-state index in [0.29, 0.717) is 54.2 Å². The Kier molecular flexibility index (Phi) is 6.80. The molecule has 1 aliphatic heterocycles. The molecule has 0 N–H and O–H groups in total. The van der Waals surface area contributed by atoms with Gasteiger partial charge in [0.05, 0.1) is 14.2 Å². The van der Waals surface area contributed by atoms with Crippen LogP contribution in [0.5, 0.6) is 11.5 Å². The van der Waals surface area contributed by atoms with Crippen molar-refractivity contribution in [1.82, 2.24) is 15.0 Å². The minimum Gasteiger partial charge on any atom is -0.493 e. The summed E-state index contributed by atoms with van der Waals surface area (Å²) in [6, 6.07) is 13.2. The zero-order valence-electron chi connectivity index (χ0n) is 18.1. The number of anilines is 1. The van der Waals surface area contributed by atoms with Crippen LogP contribution in [0.3, 0.4) is 0 Å². The molecule has 4 rings (SSSR count). The number of aromatic nitrogens is 2. The van der Waals surface area contributed by atoms with Crippen molar-refractivity contribution in [3.05, 3.63) is 53.4 Å². The molecule has 9 heteroatoms. The second-order valence-corrected chi connectivity index (χ2v) is 7.87. The van der Waals surface area contributed by atoms with Gasteiger partial charge in [-0.25, -0.2) is 0 Å². The molecule has 0 aliphatic carbocycles. The maximum absolute atomic E-state index is 12.7. The SMILES string of the molecule is COc1ccc(-c2noc(CCC(=O)N3CCN(c4cccc(Cl)c4)CC3)n2)cc1OC. The van der Waals surface area contributed by atoms with Gasteiger partial charge in [-0.05, 0) is 36.4 Å². The fourth-order valence-electron chi connectivity index (χ4n) is 3.71. The number of hydrogen-bond acceptors (Lipinski definition) is 7. The van der Waals surface area contributed by atoms with E-state index in [1.54, 1.807) is 26.4 Å². The van der Waals surface area contributed by atoms with Gasteiger partial charge in [0.25, 0.3) is 0 Å². The molecule has 2 heterocycles. The Bertz CT molecular complexity index is 1080. The number of methoxy groups -OCH3 is 2. The quantitative estimate of drug-likeness (QED) is 0.536. The Hall–Kier alpha value is -3.26. The fraction of sp³-hybridized carbons (Fsp3) is 0.348. The molecule has 1 saturated heterocycles. The van der Waals surface area contributed by atoms with Crippen molar-refractivity contribution in [1.29, 1.82) is 0 Å². The van der Waals surface area contributed by atoms with Gasteiger partial charge in [0.1, 0.15) is 0 Å². The summed E-state index contributed by atoms with van der Waals surface area (Å²) in [5.74, 6) is 2.18. The average Bonchev–Trinajstić information content (AvgIpc) is 3.31. The molecular weight excluding hydrogens is 432 g/mol. The van der Waals surface area contributed by atoms with Crippen LogP contribution in [0.2, 0.25) is 5.02 Å². The molecule has 1 aromatic heterocycles. The molecule has 0 atom stereocenters. The van der Waals surface area contributed by atoms with Crippen LogP contribution >= 0.6 is 11.6 Å². The number of piperazine rings is 1. The predicted molar refractivity (Wildman–Crippen MR) is 121 cm³/mol. The summed E-state index contributed by atoms with van der Waals surface area (Å²) in [5, 5.41) is 4.75. The summed E-state index contributed by atoms with van der Waals surface area (Å²) in [6.45, 7) is 2.89. The normalized spacial score (nSPS) is 13.8. The van der Waals surface area contributed by atoms with E-state index in [2.05, 4.69) is 15.0 Å². The molecule has 0 spiro atoms. The van der Waals surface area contributed by atoms with Gasteiger partial charge >= 0.3 is 0 Å². The molecule has 3 aromatic rings. The third-order valence-electron chi connectivity index (χ3n) is 5.47. The van der Waals surface area contributed by atoms with Crippen molar-refractivity contribution in [2.24, 2.45) is 0 Å².